The van der Waals surface area contributed by atoms with Crippen LogP contribution in [0.25, 0.3) is 0 Å². The van der Waals surface area contributed by atoms with Gasteiger partial charge in [0.15, 0.2) is 23.3 Å². The molecule has 0 aromatic heterocycles. The summed E-state index contributed by atoms with van der Waals surface area (Å²) in [4.78, 5) is 0. The Morgan fingerprint density at radius 2 is 1.47 bits per heavy atom. The van der Waals surface area contributed by atoms with Crippen molar-refractivity contribution in [2.75, 3.05) is 0 Å². The summed E-state index contributed by atoms with van der Waals surface area (Å²) in [6.45, 7) is 2.57. The fourth-order valence-electron chi connectivity index (χ4n) is 1.21. The van der Waals surface area contributed by atoms with Gasteiger partial charge in [-0.05, 0) is 13.8 Å². The van der Waals surface area contributed by atoms with Crippen molar-refractivity contribution in [3.05, 3.63) is 34.9 Å². The predicted molar refractivity (Wildman–Crippen MR) is 46.3 cm³/mol. The number of rotatable bonds is 2. The molecular weight excluding hydrogens is 212 g/mol. The van der Waals surface area contributed by atoms with Gasteiger partial charge in [0.05, 0.1) is 5.60 Å². The van der Waals surface area contributed by atoms with E-state index in [0.717, 1.165) is 0 Å². The van der Waals surface area contributed by atoms with Crippen LogP contribution in [0.5, 0.6) is 0 Å². The van der Waals surface area contributed by atoms with Crippen LogP contribution >= 0.6 is 0 Å². The van der Waals surface area contributed by atoms with Gasteiger partial charge in [-0.3, -0.25) is 0 Å². The second kappa shape index (κ2) is 3.81. The third-order valence-electron chi connectivity index (χ3n) is 1.81. The van der Waals surface area contributed by atoms with Crippen LogP contribution in [0.4, 0.5) is 17.6 Å². The number of halogens is 4. The standard InChI is InChI=1S/C10H10F4O/c1-10(2,15)4-5-8(13)6(11)3-7(12)9(5)14/h3,15H,4H2,1-2H3. The summed E-state index contributed by atoms with van der Waals surface area (Å²) in [5, 5.41) is 9.32. The molecule has 1 rings (SSSR count). The van der Waals surface area contributed by atoms with E-state index < -0.39 is 40.9 Å². The topological polar surface area (TPSA) is 20.2 Å². The van der Waals surface area contributed by atoms with Crippen LogP contribution in [0, 0.1) is 23.3 Å². The summed E-state index contributed by atoms with van der Waals surface area (Å²) in [6, 6.07) is 0.137. The highest BCUT2D eigenvalue weighted by molar-refractivity contribution is 5.24. The zero-order valence-corrected chi connectivity index (χ0v) is 8.24. The normalized spacial score (nSPS) is 11.9. The molecule has 0 unspecified atom stereocenters. The molecule has 0 amide bonds. The first-order valence-electron chi connectivity index (χ1n) is 4.26. The first kappa shape index (κ1) is 12.0. The van der Waals surface area contributed by atoms with Gasteiger partial charge in [0.25, 0.3) is 0 Å². The van der Waals surface area contributed by atoms with Crippen LogP contribution in [-0.2, 0) is 6.42 Å². The lowest BCUT2D eigenvalue weighted by molar-refractivity contribution is 0.0785. The lowest BCUT2D eigenvalue weighted by Crippen LogP contribution is -2.24. The highest BCUT2D eigenvalue weighted by Crippen LogP contribution is 2.23. The Morgan fingerprint density at radius 3 is 1.80 bits per heavy atom. The largest absolute Gasteiger partial charge is 0.390 e. The highest BCUT2D eigenvalue weighted by atomic mass is 19.2. The van der Waals surface area contributed by atoms with Crippen LogP contribution in [0.3, 0.4) is 0 Å². The molecule has 0 aliphatic rings. The first-order chi connectivity index (χ1) is 6.72. The van der Waals surface area contributed by atoms with E-state index in [2.05, 4.69) is 0 Å². The van der Waals surface area contributed by atoms with Gasteiger partial charge in [-0.25, -0.2) is 17.6 Å². The minimum Gasteiger partial charge on any atom is -0.390 e. The molecule has 0 spiro atoms. The van der Waals surface area contributed by atoms with E-state index >= 15 is 0 Å². The molecule has 15 heavy (non-hydrogen) atoms. The lowest BCUT2D eigenvalue weighted by Gasteiger charge is -2.18. The van der Waals surface area contributed by atoms with Gasteiger partial charge in [-0.2, -0.15) is 0 Å². The summed E-state index contributed by atoms with van der Waals surface area (Å²) < 4.78 is 51.6. The molecule has 0 saturated carbocycles. The smallest absolute Gasteiger partial charge is 0.165 e. The van der Waals surface area contributed by atoms with Crippen molar-refractivity contribution < 1.29 is 22.7 Å². The van der Waals surface area contributed by atoms with E-state index in [1.54, 1.807) is 0 Å². The van der Waals surface area contributed by atoms with Gasteiger partial charge in [-0.1, -0.05) is 0 Å². The van der Waals surface area contributed by atoms with E-state index in [9.17, 15) is 22.7 Å². The van der Waals surface area contributed by atoms with E-state index in [1.165, 1.54) is 13.8 Å². The van der Waals surface area contributed by atoms with Crippen molar-refractivity contribution in [3.63, 3.8) is 0 Å². The van der Waals surface area contributed by atoms with Gasteiger partial charge in [-0.15, -0.1) is 0 Å². The van der Waals surface area contributed by atoms with Gasteiger partial charge >= 0.3 is 0 Å². The van der Waals surface area contributed by atoms with E-state index in [-0.39, 0.29) is 6.07 Å². The molecule has 1 aromatic carbocycles. The number of benzene rings is 1. The summed E-state index contributed by atoms with van der Waals surface area (Å²) >= 11 is 0. The van der Waals surface area contributed by atoms with Crippen molar-refractivity contribution in [2.45, 2.75) is 25.9 Å². The Morgan fingerprint density at radius 1 is 1.07 bits per heavy atom. The quantitative estimate of drug-likeness (QED) is 0.602. The Labute approximate surface area is 84.3 Å². The van der Waals surface area contributed by atoms with Gasteiger partial charge in [0, 0.05) is 18.1 Å². The molecule has 84 valence electrons. The van der Waals surface area contributed by atoms with E-state index in [1.807, 2.05) is 0 Å². The third kappa shape index (κ3) is 2.68. The Hall–Kier alpha value is -1.10. The van der Waals surface area contributed by atoms with Gasteiger partial charge in [0.1, 0.15) is 0 Å². The Bertz CT molecular complexity index is 356. The maximum absolute atomic E-state index is 13.1. The maximum atomic E-state index is 13.1. The minimum absolute atomic E-state index is 0.137. The summed E-state index contributed by atoms with van der Waals surface area (Å²) in [7, 11) is 0. The molecular formula is C10H10F4O. The highest BCUT2D eigenvalue weighted by Gasteiger charge is 2.24. The molecule has 0 aliphatic heterocycles. The third-order valence-corrected chi connectivity index (χ3v) is 1.81. The van der Waals surface area contributed by atoms with Crippen molar-refractivity contribution in [1.29, 1.82) is 0 Å². The SMILES string of the molecule is CC(C)(O)Cc1c(F)c(F)cc(F)c1F. The molecule has 1 N–H and O–H groups in total. The van der Waals surface area contributed by atoms with Crippen molar-refractivity contribution in [1.82, 2.24) is 0 Å². The summed E-state index contributed by atoms with van der Waals surface area (Å²) in [5.74, 6) is -5.85. The van der Waals surface area contributed by atoms with Gasteiger partial charge in [0.2, 0.25) is 0 Å². The monoisotopic (exact) mass is 222 g/mol. The minimum atomic E-state index is -1.46. The fourth-order valence-corrected chi connectivity index (χ4v) is 1.21. The molecule has 0 aliphatic carbocycles. The second-order valence-corrected chi connectivity index (χ2v) is 3.94. The molecule has 1 aromatic rings. The maximum Gasteiger partial charge on any atom is 0.165 e. The van der Waals surface area contributed by atoms with Crippen LogP contribution in [-0.4, -0.2) is 10.7 Å². The summed E-state index contributed by atoms with van der Waals surface area (Å²) in [5.41, 5.74) is -2.22. The summed E-state index contributed by atoms with van der Waals surface area (Å²) in [6.07, 6.45) is -0.501. The van der Waals surface area contributed by atoms with Crippen LogP contribution in [0.2, 0.25) is 0 Å². The van der Waals surface area contributed by atoms with E-state index in [4.69, 9.17) is 0 Å². The first-order valence-corrected chi connectivity index (χ1v) is 4.26. The zero-order valence-electron chi connectivity index (χ0n) is 8.24. The molecule has 0 heterocycles. The number of hydrogen-bond acceptors (Lipinski definition) is 1. The predicted octanol–water partition coefficient (Wildman–Crippen LogP) is 2.56. The molecule has 0 saturated heterocycles. The van der Waals surface area contributed by atoms with Crippen molar-refractivity contribution in [2.24, 2.45) is 0 Å². The lowest BCUT2D eigenvalue weighted by atomic mass is 9.97. The van der Waals surface area contributed by atoms with Crippen molar-refractivity contribution >= 4 is 0 Å². The molecule has 1 nitrogen and oxygen atoms in total. The zero-order chi connectivity index (χ0) is 11.8. The molecule has 0 fully saturated rings. The Kier molecular flexibility index (Phi) is 3.04. The van der Waals surface area contributed by atoms with Crippen LogP contribution in [0.1, 0.15) is 19.4 Å². The molecule has 0 radical (unpaired) electrons. The van der Waals surface area contributed by atoms with Crippen molar-refractivity contribution in [3.8, 4) is 0 Å². The molecule has 0 atom stereocenters. The fraction of sp³-hybridized carbons (Fsp3) is 0.400. The number of aliphatic hydroxyl groups is 1. The molecule has 5 heteroatoms. The molecule has 0 bridgehead atoms. The van der Waals surface area contributed by atoms with Gasteiger partial charge < -0.3 is 5.11 Å². The Balaban J connectivity index is 3.27. The number of hydrogen-bond donors (Lipinski definition) is 1. The van der Waals surface area contributed by atoms with Crippen LogP contribution in [0.15, 0.2) is 6.07 Å². The average molecular weight is 222 g/mol. The van der Waals surface area contributed by atoms with Crippen LogP contribution < -0.4 is 0 Å². The second-order valence-electron chi connectivity index (χ2n) is 3.94. The van der Waals surface area contributed by atoms with E-state index in [0.29, 0.717) is 0 Å². The average Bonchev–Trinajstić information content (AvgIpc) is 2.08.